The standard InChI is InChI=1S/C15H17FN2O/c1-11(17)6-12-7-13(16)9-15(8-12)19-10-14-4-2-3-5-18-14/h2-5,7-9,11H,6,10,17H2,1H3. The van der Waals surface area contributed by atoms with E-state index in [1.807, 2.05) is 31.2 Å². The van der Waals surface area contributed by atoms with Gasteiger partial charge in [0, 0.05) is 18.3 Å². The third-order valence-corrected chi connectivity index (χ3v) is 2.60. The molecule has 0 radical (unpaired) electrons. The first kappa shape index (κ1) is 13.5. The van der Waals surface area contributed by atoms with E-state index in [4.69, 9.17) is 10.5 Å². The molecule has 1 heterocycles. The van der Waals surface area contributed by atoms with Crippen molar-refractivity contribution in [3.63, 3.8) is 0 Å². The van der Waals surface area contributed by atoms with Gasteiger partial charge in [0.2, 0.25) is 0 Å². The number of aromatic nitrogens is 1. The second-order valence-corrected chi connectivity index (χ2v) is 4.59. The number of ether oxygens (including phenoxy) is 1. The lowest BCUT2D eigenvalue weighted by atomic mass is 10.1. The van der Waals surface area contributed by atoms with Crippen LogP contribution in [0.1, 0.15) is 18.2 Å². The molecule has 0 aliphatic carbocycles. The van der Waals surface area contributed by atoms with Crippen LogP contribution < -0.4 is 10.5 Å². The highest BCUT2D eigenvalue weighted by Gasteiger charge is 2.05. The van der Waals surface area contributed by atoms with Crippen molar-refractivity contribution < 1.29 is 9.13 Å². The summed E-state index contributed by atoms with van der Waals surface area (Å²) in [5.74, 6) is 0.190. The molecule has 0 saturated carbocycles. The van der Waals surface area contributed by atoms with E-state index in [1.165, 1.54) is 12.1 Å². The molecule has 100 valence electrons. The molecule has 3 nitrogen and oxygen atoms in total. The van der Waals surface area contributed by atoms with E-state index in [-0.39, 0.29) is 11.9 Å². The van der Waals surface area contributed by atoms with Crippen LogP contribution in [0, 0.1) is 5.82 Å². The van der Waals surface area contributed by atoms with Gasteiger partial charge in [-0.2, -0.15) is 0 Å². The van der Waals surface area contributed by atoms with Crippen LogP contribution in [0.15, 0.2) is 42.6 Å². The number of benzene rings is 1. The summed E-state index contributed by atoms with van der Waals surface area (Å²) < 4.78 is 19.0. The van der Waals surface area contributed by atoms with Gasteiger partial charge >= 0.3 is 0 Å². The van der Waals surface area contributed by atoms with E-state index in [1.54, 1.807) is 6.20 Å². The van der Waals surface area contributed by atoms with Gasteiger partial charge in [0.1, 0.15) is 18.2 Å². The van der Waals surface area contributed by atoms with Gasteiger partial charge in [-0.05, 0) is 43.2 Å². The Balaban J connectivity index is 2.05. The predicted molar refractivity (Wildman–Crippen MR) is 72.3 cm³/mol. The monoisotopic (exact) mass is 260 g/mol. The van der Waals surface area contributed by atoms with Gasteiger partial charge in [0.15, 0.2) is 0 Å². The van der Waals surface area contributed by atoms with Crippen LogP contribution in [0.2, 0.25) is 0 Å². The lowest BCUT2D eigenvalue weighted by Crippen LogP contribution is -2.17. The average molecular weight is 260 g/mol. The first-order chi connectivity index (χ1) is 9.13. The molecule has 0 spiro atoms. The Morgan fingerprint density at radius 3 is 2.84 bits per heavy atom. The largest absolute Gasteiger partial charge is 0.487 e. The topological polar surface area (TPSA) is 48.1 Å². The maximum Gasteiger partial charge on any atom is 0.130 e. The fourth-order valence-electron chi connectivity index (χ4n) is 1.83. The molecule has 1 aromatic heterocycles. The maximum absolute atomic E-state index is 13.5. The predicted octanol–water partition coefficient (Wildman–Crippen LogP) is 2.69. The minimum atomic E-state index is -0.311. The van der Waals surface area contributed by atoms with Crippen molar-refractivity contribution in [1.82, 2.24) is 4.98 Å². The zero-order valence-electron chi connectivity index (χ0n) is 10.8. The second kappa shape index (κ2) is 6.29. The maximum atomic E-state index is 13.5. The van der Waals surface area contributed by atoms with E-state index in [9.17, 15) is 4.39 Å². The van der Waals surface area contributed by atoms with Crippen LogP contribution in [-0.4, -0.2) is 11.0 Å². The number of halogens is 1. The van der Waals surface area contributed by atoms with Crippen LogP contribution in [-0.2, 0) is 13.0 Å². The Hall–Kier alpha value is -1.94. The van der Waals surface area contributed by atoms with Crippen molar-refractivity contribution in [2.75, 3.05) is 0 Å². The molecule has 1 unspecified atom stereocenters. The molecule has 0 bridgehead atoms. The molecule has 4 heteroatoms. The highest BCUT2D eigenvalue weighted by Crippen LogP contribution is 2.18. The smallest absolute Gasteiger partial charge is 0.130 e. The van der Waals surface area contributed by atoms with E-state index < -0.39 is 0 Å². The molecule has 0 fully saturated rings. The molecule has 2 aromatic rings. The van der Waals surface area contributed by atoms with Gasteiger partial charge in [-0.15, -0.1) is 0 Å². The average Bonchev–Trinajstić information content (AvgIpc) is 2.36. The van der Waals surface area contributed by atoms with Crippen molar-refractivity contribution in [1.29, 1.82) is 0 Å². The molecule has 0 aliphatic rings. The van der Waals surface area contributed by atoms with Gasteiger partial charge in [0.25, 0.3) is 0 Å². The number of pyridine rings is 1. The molecule has 1 aromatic carbocycles. The van der Waals surface area contributed by atoms with Gasteiger partial charge in [-0.1, -0.05) is 6.07 Å². The molecule has 0 saturated heterocycles. The number of hydrogen-bond donors (Lipinski definition) is 1. The lowest BCUT2D eigenvalue weighted by molar-refractivity contribution is 0.299. The van der Waals surface area contributed by atoms with Gasteiger partial charge in [-0.3, -0.25) is 4.98 Å². The first-order valence-corrected chi connectivity index (χ1v) is 6.21. The fraction of sp³-hybridized carbons (Fsp3) is 0.267. The van der Waals surface area contributed by atoms with Crippen LogP contribution in [0.5, 0.6) is 5.75 Å². The van der Waals surface area contributed by atoms with Gasteiger partial charge < -0.3 is 10.5 Å². The second-order valence-electron chi connectivity index (χ2n) is 4.59. The molecular weight excluding hydrogens is 243 g/mol. The molecule has 0 aliphatic heterocycles. The zero-order valence-corrected chi connectivity index (χ0v) is 10.8. The van der Waals surface area contributed by atoms with Crippen LogP contribution in [0.25, 0.3) is 0 Å². The normalized spacial score (nSPS) is 12.2. The third-order valence-electron chi connectivity index (χ3n) is 2.60. The number of nitrogens with zero attached hydrogens (tertiary/aromatic N) is 1. The van der Waals surface area contributed by atoms with Crippen LogP contribution in [0.4, 0.5) is 4.39 Å². The summed E-state index contributed by atoms with van der Waals surface area (Å²) >= 11 is 0. The SMILES string of the molecule is CC(N)Cc1cc(F)cc(OCc2ccccn2)c1. The quantitative estimate of drug-likeness (QED) is 0.899. The Morgan fingerprint density at radius 1 is 1.32 bits per heavy atom. The van der Waals surface area contributed by atoms with Crippen LogP contribution >= 0.6 is 0 Å². The van der Waals surface area contributed by atoms with Gasteiger partial charge in [-0.25, -0.2) is 4.39 Å². The van der Waals surface area contributed by atoms with Crippen molar-refractivity contribution in [3.05, 3.63) is 59.7 Å². The lowest BCUT2D eigenvalue weighted by Gasteiger charge is -2.10. The van der Waals surface area contributed by atoms with Crippen molar-refractivity contribution in [2.45, 2.75) is 26.0 Å². The Bertz CT molecular complexity index is 529. The number of hydrogen-bond acceptors (Lipinski definition) is 3. The summed E-state index contributed by atoms with van der Waals surface area (Å²) in [5.41, 5.74) is 7.36. The Kier molecular flexibility index (Phi) is 4.47. The van der Waals surface area contributed by atoms with Gasteiger partial charge in [0.05, 0.1) is 5.69 Å². The molecular formula is C15H17FN2O. The van der Waals surface area contributed by atoms with E-state index in [0.717, 1.165) is 11.3 Å². The van der Waals surface area contributed by atoms with Crippen molar-refractivity contribution >= 4 is 0 Å². The number of nitrogens with two attached hydrogens (primary N) is 1. The minimum absolute atomic E-state index is 0.00885. The van der Waals surface area contributed by atoms with E-state index in [0.29, 0.717) is 18.8 Å². The van der Waals surface area contributed by atoms with Crippen molar-refractivity contribution in [3.8, 4) is 5.75 Å². The van der Waals surface area contributed by atoms with Crippen molar-refractivity contribution in [2.24, 2.45) is 5.73 Å². The first-order valence-electron chi connectivity index (χ1n) is 6.21. The van der Waals surface area contributed by atoms with Crippen LogP contribution in [0.3, 0.4) is 0 Å². The molecule has 2 rings (SSSR count). The molecule has 0 amide bonds. The highest BCUT2D eigenvalue weighted by molar-refractivity contribution is 5.30. The molecule has 2 N–H and O–H groups in total. The summed E-state index contributed by atoms with van der Waals surface area (Å²) in [7, 11) is 0. The summed E-state index contributed by atoms with van der Waals surface area (Å²) in [4.78, 5) is 4.15. The summed E-state index contributed by atoms with van der Waals surface area (Å²) in [6, 6.07) is 10.2. The Morgan fingerprint density at radius 2 is 2.16 bits per heavy atom. The Labute approximate surface area is 112 Å². The number of rotatable bonds is 5. The zero-order chi connectivity index (χ0) is 13.7. The summed E-state index contributed by atoms with van der Waals surface area (Å²) in [5, 5.41) is 0. The molecule has 19 heavy (non-hydrogen) atoms. The molecule has 1 atom stereocenters. The third kappa shape index (κ3) is 4.34. The van der Waals surface area contributed by atoms with E-state index >= 15 is 0 Å². The minimum Gasteiger partial charge on any atom is -0.487 e. The highest BCUT2D eigenvalue weighted by atomic mass is 19.1. The van der Waals surface area contributed by atoms with E-state index in [2.05, 4.69) is 4.98 Å². The summed E-state index contributed by atoms with van der Waals surface area (Å²) in [6.07, 6.45) is 2.32. The fourth-order valence-corrected chi connectivity index (χ4v) is 1.83. The summed E-state index contributed by atoms with van der Waals surface area (Å²) in [6.45, 7) is 2.21.